The third kappa shape index (κ3) is 4.78. The first-order valence-corrected chi connectivity index (χ1v) is 7.40. The zero-order valence-corrected chi connectivity index (χ0v) is 11.7. The Kier molecular flexibility index (Phi) is 5.62. The van der Waals surface area contributed by atoms with E-state index in [1.54, 1.807) is 11.6 Å². The molecule has 1 aromatic rings. The number of ether oxygens (including phenoxy) is 2. The van der Waals surface area contributed by atoms with Crippen LogP contribution in [0.1, 0.15) is 20.3 Å². The van der Waals surface area contributed by atoms with Crippen molar-refractivity contribution in [2.75, 3.05) is 13.2 Å². The molecule has 1 rings (SSSR count). The molecule has 106 valence electrons. The van der Waals surface area contributed by atoms with Crippen LogP contribution in [0.5, 0.6) is 5.75 Å². The third-order valence-corrected chi connectivity index (χ3v) is 3.43. The molecule has 0 heterocycles. The van der Waals surface area contributed by atoms with Crippen LogP contribution < -0.4 is 9.46 Å². The first-order valence-electron chi connectivity index (χ1n) is 5.92. The van der Waals surface area contributed by atoms with Crippen molar-refractivity contribution in [3.63, 3.8) is 0 Å². The molecule has 19 heavy (non-hydrogen) atoms. The molecule has 6 nitrogen and oxygen atoms in total. The van der Waals surface area contributed by atoms with E-state index in [2.05, 4.69) is 4.74 Å². The number of amides is 1. The van der Waals surface area contributed by atoms with Gasteiger partial charge in [0.25, 0.3) is 10.0 Å². The summed E-state index contributed by atoms with van der Waals surface area (Å²) in [6, 6.07) is 5.81. The van der Waals surface area contributed by atoms with E-state index in [1.165, 1.54) is 24.3 Å². The molecule has 0 aliphatic heterocycles. The van der Waals surface area contributed by atoms with Crippen LogP contribution in [-0.4, -0.2) is 27.7 Å². The van der Waals surface area contributed by atoms with E-state index in [9.17, 15) is 13.2 Å². The first-order chi connectivity index (χ1) is 8.99. The van der Waals surface area contributed by atoms with Gasteiger partial charge in [-0.2, -0.15) is 0 Å². The minimum atomic E-state index is -3.90. The number of nitrogens with one attached hydrogen (secondary N) is 1. The molecule has 0 aliphatic rings. The lowest BCUT2D eigenvalue weighted by atomic mass is 10.3. The Hall–Kier alpha value is -1.76. The number of rotatable bonds is 6. The summed E-state index contributed by atoms with van der Waals surface area (Å²) in [4.78, 5) is 11.1. The van der Waals surface area contributed by atoms with Crippen LogP contribution in [0, 0.1) is 0 Å². The SMILES string of the molecule is CCCOc1ccc(S(=O)(=O)NC(=O)OCC)cc1. The highest BCUT2D eigenvalue weighted by atomic mass is 32.2. The number of carbonyl (C=O) groups is 1. The zero-order valence-electron chi connectivity index (χ0n) is 10.9. The van der Waals surface area contributed by atoms with Gasteiger partial charge in [0, 0.05) is 0 Å². The molecule has 0 aromatic heterocycles. The van der Waals surface area contributed by atoms with Gasteiger partial charge in [-0.3, -0.25) is 0 Å². The van der Waals surface area contributed by atoms with E-state index in [4.69, 9.17) is 4.74 Å². The standard InChI is InChI=1S/C12H17NO5S/c1-3-9-18-10-5-7-11(8-6-10)19(15,16)13-12(14)17-4-2/h5-8H,3-4,9H2,1-2H3,(H,13,14). The summed E-state index contributed by atoms with van der Waals surface area (Å²) in [6.07, 6.45) is -0.126. The van der Waals surface area contributed by atoms with Gasteiger partial charge in [-0.15, -0.1) is 0 Å². The smallest absolute Gasteiger partial charge is 0.421 e. The molecule has 0 aliphatic carbocycles. The van der Waals surface area contributed by atoms with Crippen molar-refractivity contribution in [2.24, 2.45) is 0 Å². The van der Waals surface area contributed by atoms with Gasteiger partial charge in [-0.05, 0) is 37.6 Å². The first kappa shape index (κ1) is 15.3. The predicted octanol–water partition coefficient (Wildman–Crippen LogP) is 1.91. The van der Waals surface area contributed by atoms with E-state index in [0.717, 1.165) is 6.42 Å². The van der Waals surface area contributed by atoms with Gasteiger partial charge < -0.3 is 9.47 Å². The molecule has 0 fully saturated rings. The topological polar surface area (TPSA) is 81.7 Å². The van der Waals surface area contributed by atoms with Gasteiger partial charge in [-0.25, -0.2) is 17.9 Å². The zero-order chi connectivity index (χ0) is 14.3. The maximum Gasteiger partial charge on any atom is 0.421 e. The van der Waals surface area contributed by atoms with Crippen LogP contribution in [0.4, 0.5) is 4.79 Å². The summed E-state index contributed by atoms with van der Waals surface area (Å²) in [6.45, 7) is 4.23. The van der Waals surface area contributed by atoms with Crippen molar-refractivity contribution in [2.45, 2.75) is 25.2 Å². The fourth-order valence-corrected chi connectivity index (χ4v) is 2.15. The van der Waals surface area contributed by atoms with Gasteiger partial charge >= 0.3 is 6.09 Å². The van der Waals surface area contributed by atoms with Crippen molar-refractivity contribution in [3.05, 3.63) is 24.3 Å². The summed E-state index contributed by atoms with van der Waals surface area (Å²) in [5.74, 6) is 0.580. The maximum absolute atomic E-state index is 11.8. The normalized spacial score (nSPS) is 10.8. The molecule has 0 atom stereocenters. The highest BCUT2D eigenvalue weighted by molar-refractivity contribution is 7.90. The molecule has 1 aromatic carbocycles. The van der Waals surface area contributed by atoms with Crippen LogP contribution in [-0.2, 0) is 14.8 Å². The lowest BCUT2D eigenvalue weighted by molar-refractivity contribution is 0.158. The average molecular weight is 287 g/mol. The van der Waals surface area contributed by atoms with Crippen molar-refractivity contribution in [3.8, 4) is 5.75 Å². The number of carbonyl (C=O) groups excluding carboxylic acids is 1. The van der Waals surface area contributed by atoms with Gasteiger partial charge in [0.1, 0.15) is 5.75 Å². The minimum absolute atomic E-state index is 0.0237. The fourth-order valence-electron chi connectivity index (χ4n) is 1.26. The van der Waals surface area contributed by atoms with Crippen molar-refractivity contribution in [1.29, 1.82) is 0 Å². The average Bonchev–Trinajstić information content (AvgIpc) is 2.36. The summed E-state index contributed by atoms with van der Waals surface area (Å²) in [5, 5.41) is 0. The number of sulfonamides is 1. The molecular weight excluding hydrogens is 270 g/mol. The Morgan fingerprint density at radius 2 is 1.84 bits per heavy atom. The van der Waals surface area contributed by atoms with E-state index < -0.39 is 16.1 Å². The van der Waals surface area contributed by atoms with Crippen LogP contribution in [0.2, 0.25) is 0 Å². The van der Waals surface area contributed by atoms with Gasteiger partial charge in [0.15, 0.2) is 0 Å². The van der Waals surface area contributed by atoms with Crippen molar-refractivity contribution >= 4 is 16.1 Å². The minimum Gasteiger partial charge on any atom is -0.494 e. The van der Waals surface area contributed by atoms with Crippen LogP contribution in [0.25, 0.3) is 0 Å². The molecular formula is C12H17NO5S. The maximum atomic E-state index is 11.8. The van der Waals surface area contributed by atoms with E-state index in [1.807, 2.05) is 6.92 Å². The molecule has 0 spiro atoms. The second-order valence-electron chi connectivity index (χ2n) is 3.65. The van der Waals surface area contributed by atoms with Gasteiger partial charge in [-0.1, -0.05) is 6.92 Å². The number of benzene rings is 1. The molecule has 0 unspecified atom stereocenters. The lowest BCUT2D eigenvalue weighted by Gasteiger charge is -2.08. The molecule has 0 bridgehead atoms. The molecule has 7 heteroatoms. The van der Waals surface area contributed by atoms with Crippen LogP contribution in [0.3, 0.4) is 0 Å². The lowest BCUT2D eigenvalue weighted by Crippen LogP contribution is -2.31. The monoisotopic (exact) mass is 287 g/mol. The Morgan fingerprint density at radius 3 is 2.37 bits per heavy atom. The highest BCUT2D eigenvalue weighted by Crippen LogP contribution is 2.16. The van der Waals surface area contributed by atoms with Crippen LogP contribution >= 0.6 is 0 Å². The second kappa shape index (κ2) is 6.98. The van der Waals surface area contributed by atoms with Crippen molar-refractivity contribution < 1.29 is 22.7 Å². The van der Waals surface area contributed by atoms with Gasteiger partial charge in [0.2, 0.25) is 0 Å². The van der Waals surface area contributed by atoms with Gasteiger partial charge in [0.05, 0.1) is 18.1 Å². The van der Waals surface area contributed by atoms with E-state index in [-0.39, 0.29) is 11.5 Å². The Balaban J connectivity index is 2.76. The summed E-state index contributed by atoms with van der Waals surface area (Å²) in [7, 11) is -3.90. The summed E-state index contributed by atoms with van der Waals surface area (Å²) in [5.41, 5.74) is 0. The molecule has 1 N–H and O–H groups in total. The predicted molar refractivity (Wildman–Crippen MR) is 69.6 cm³/mol. The highest BCUT2D eigenvalue weighted by Gasteiger charge is 2.18. The number of hydrogen-bond donors (Lipinski definition) is 1. The Morgan fingerprint density at radius 1 is 1.21 bits per heavy atom. The van der Waals surface area contributed by atoms with Crippen LogP contribution in [0.15, 0.2) is 29.2 Å². The number of hydrogen-bond acceptors (Lipinski definition) is 5. The second-order valence-corrected chi connectivity index (χ2v) is 5.33. The Bertz CT molecular complexity index is 509. The summed E-state index contributed by atoms with van der Waals surface area (Å²) < 4.78 is 35.2. The molecule has 1 amide bonds. The molecule has 0 radical (unpaired) electrons. The quantitative estimate of drug-likeness (QED) is 0.864. The Labute approximate surface area is 112 Å². The summed E-state index contributed by atoms with van der Waals surface area (Å²) >= 11 is 0. The third-order valence-electron chi connectivity index (χ3n) is 2.10. The molecule has 0 saturated carbocycles. The molecule has 0 saturated heterocycles. The van der Waals surface area contributed by atoms with E-state index in [0.29, 0.717) is 12.4 Å². The van der Waals surface area contributed by atoms with Crippen molar-refractivity contribution in [1.82, 2.24) is 4.72 Å². The fraction of sp³-hybridized carbons (Fsp3) is 0.417. The largest absolute Gasteiger partial charge is 0.494 e. The van der Waals surface area contributed by atoms with E-state index >= 15 is 0 Å².